The van der Waals surface area contributed by atoms with E-state index in [1.807, 2.05) is 30.3 Å². The predicted molar refractivity (Wildman–Crippen MR) is 112 cm³/mol. The van der Waals surface area contributed by atoms with Crippen LogP contribution in [0.5, 0.6) is 0 Å². The molecule has 144 valence electrons. The molecule has 0 saturated carbocycles. The number of piperidine rings is 1. The normalized spacial score (nSPS) is 14.3. The molecule has 0 spiro atoms. The third kappa shape index (κ3) is 5.47. The van der Waals surface area contributed by atoms with Crippen LogP contribution in [0.2, 0.25) is 0 Å². The Morgan fingerprint density at radius 2 is 1.63 bits per heavy atom. The van der Waals surface area contributed by atoms with Crippen molar-refractivity contribution in [1.82, 2.24) is 10.2 Å². The van der Waals surface area contributed by atoms with Crippen LogP contribution >= 0.6 is 0 Å². The first kappa shape index (κ1) is 19.2. The summed E-state index contributed by atoms with van der Waals surface area (Å²) in [5.41, 5.74) is 4.36. The van der Waals surface area contributed by atoms with Crippen LogP contribution in [0.3, 0.4) is 0 Å². The Morgan fingerprint density at radius 1 is 0.963 bits per heavy atom. The van der Waals surface area contributed by atoms with Crippen molar-refractivity contribution in [3.63, 3.8) is 0 Å². The van der Waals surface area contributed by atoms with Crippen molar-refractivity contribution < 1.29 is 4.79 Å². The summed E-state index contributed by atoms with van der Waals surface area (Å²) in [5.74, 6) is 0. The van der Waals surface area contributed by atoms with E-state index in [1.54, 1.807) is 0 Å². The number of rotatable bonds is 6. The van der Waals surface area contributed by atoms with E-state index in [2.05, 4.69) is 52.7 Å². The molecule has 2 aromatic rings. The maximum atomic E-state index is 12.5. The van der Waals surface area contributed by atoms with Gasteiger partial charge < -0.3 is 20.4 Å². The van der Waals surface area contributed by atoms with Gasteiger partial charge in [-0.3, -0.25) is 0 Å². The fourth-order valence-electron chi connectivity index (χ4n) is 3.56. The van der Waals surface area contributed by atoms with Crippen molar-refractivity contribution in [3.8, 4) is 0 Å². The van der Waals surface area contributed by atoms with Gasteiger partial charge in [-0.1, -0.05) is 36.4 Å². The molecule has 2 aromatic carbocycles. The van der Waals surface area contributed by atoms with Gasteiger partial charge in [-0.2, -0.15) is 0 Å². The molecule has 0 radical (unpaired) electrons. The minimum Gasteiger partial charge on any atom is -0.370 e. The Labute approximate surface area is 162 Å². The second-order valence-corrected chi connectivity index (χ2v) is 7.38. The number of nitrogens with one attached hydrogen (secondary N) is 2. The molecular weight excluding hydrogens is 336 g/mol. The number of urea groups is 1. The molecule has 0 bridgehead atoms. The van der Waals surface area contributed by atoms with Crippen molar-refractivity contribution in [2.75, 3.05) is 37.4 Å². The highest BCUT2D eigenvalue weighted by atomic mass is 16.2. The Bertz CT molecular complexity index is 753. The van der Waals surface area contributed by atoms with Gasteiger partial charge in [0.1, 0.15) is 0 Å². The van der Waals surface area contributed by atoms with Crippen LogP contribution in [-0.2, 0) is 13.1 Å². The van der Waals surface area contributed by atoms with E-state index in [0.717, 1.165) is 36.6 Å². The van der Waals surface area contributed by atoms with Crippen molar-refractivity contribution in [1.29, 1.82) is 0 Å². The number of hydrogen-bond donors (Lipinski definition) is 2. The highest BCUT2D eigenvalue weighted by Gasteiger charge is 2.15. The minimum absolute atomic E-state index is 0.167. The number of carbonyl (C=O) groups is 1. The monoisotopic (exact) mass is 366 g/mol. The summed E-state index contributed by atoms with van der Waals surface area (Å²) in [4.78, 5) is 17.0. The van der Waals surface area contributed by atoms with Gasteiger partial charge in [-0.25, -0.2) is 4.79 Å². The summed E-state index contributed by atoms with van der Waals surface area (Å²) in [6, 6.07) is 16.1. The van der Waals surface area contributed by atoms with Crippen molar-refractivity contribution in [3.05, 3.63) is 59.7 Å². The van der Waals surface area contributed by atoms with E-state index in [0.29, 0.717) is 6.54 Å². The van der Waals surface area contributed by atoms with E-state index < -0.39 is 0 Å². The number of carbonyl (C=O) groups excluding carboxylic acids is 1. The summed E-state index contributed by atoms with van der Waals surface area (Å²) in [6.07, 6.45) is 3.71. The number of para-hydroxylation sites is 2. The van der Waals surface area contributed by atoms with Crippen molar-refractivity contribution >= 4 is 17.4 Å². The zero-order valence-corrected chi connectivity index (χ0v) is 16.4. The van der Waals surface area contributed by atoms with Gasteiger partial charge in [0, 0.05) is 26.2 Å². The molecule has 1 fully saturated rings. The molecule has 1 aliphatic heterocycles. The molecule has 2 amide bonds. The Kier molecular flexibility index (Phi) is 6.71. The minimum atomic E-state index is -0.167. The number of nitrogens with zero attached hydrogens (tertiary/aromatic N) is 2. The van der Waals surface area contributed by atoms with E-state index >= 15 is 0 Å². The zero-order chi connectivity index (χ0) is 19.1. The zero-order valence-electron chi connectivity index (χ0n) is 16.4. The molecule has 1 saturated heterocycles. The van der Waals surface area contributed by atoms with Gasteiger partial charge in [0.25, 0.3) is 0 Å². The average molecular weight is 367 g/mol. The standard InChI is InChI=1S/C22H30N4O/c1-25(2)17-19-11-5-4-10-18(19)16-23-22(27)24-20-12-6-7-13-21(20)26-14-8-3-9-15-26/h4-7,10-13H,3,8-9,14-17H2,1-2H3,(H2,23,24,27). The number of amides is 2. The lowest BCUT2D eigenvalue weighted by Crippen LogP contribution is -2.32. The van der Waals surface area contributed by atoms with E-state index in [4.69, 9.17) is 0 Å². The van der Waals surface area contributed by atoms with Gasteiger partial charge in [0.05, 0.1) is 11.4 Å². The molecular formula is C22H30N4O. The van der Waals surface area contributed by atoms with Crippen LogP contribution in [0.25, 0.3) is 0 Å². The number of hydrogen-bond acceptors (Lipinski definition) is 3. The molecule has 1 aliphatic rings. The largest absolute Gasteiger partial charge is 0.370 e. The van der Waals surface area contributed by atoms with Crippen LogP contribution in [0, 0.1) is 0 Å². The first-order chi connectivity index (χ1) is 13.1. The lowest BCUT2D eigenvalue weighted by atomic mass is 10.1. The lowest BCUT2D eigenvalue weighted by Gasteiger charge is -2.30. The fourth-order valence-corrected chi connectivity index (χ4v) is 3.56. The Hall–Kier alpha value is -2.53. The first-order valence-corrected chi connectivity index (χ1v) is 9.74. The molecule has 0 aromatic heterocycles. The summed E-state index contributed by atoms with van der Waals surface area (Å²) >= 11 is 0. The lowest BCUT2D eigenvalue weighted by molar-refractivity contribution is 0.251. The highest BCUT2D eigenvalue weighted by Crippen LogP contribution is 2.28. The molecule has 3 rings (SSSR count). The van der Waals surface area contributed by atoms with Crippen LogP contribution in [0.4, 0.5) is 16.2 Å². The summed E-state index contributed by atoms with van der Waals surface area (Å²) in [5, 5.41) is 6.04. The highest BCUT2D eigenvalue weighted by molar-refractivity contribution is 5.93. The Morgan fingerprint density at radius 3 is 2.37 bits per heavy atom. The molecule has 2 N–H and O–H groups in total. The fraction of sp³-hybridized carbons (Fsp3) is 0.409. The van der Waals surface area contributed by atoms with Crippen molar-refractivity contribution in [2.45, 2.75) is 32.4 Å². The van der Waals surface area contributed by atoms with Gasteiger partial charge in [-0.05, 0) is 56.6 Å². The van der Waals surface area contributed by atoms with E-state index in [9.17, 15) is 4.79 Å². The SMILES string of the molecule is CN(C)Cc1ccccc1CNC(=O)Nc1ccccc1N1CCCCC1. The van der Waals surface area contributed by atoms with E-state index in [1.165, 1.54) is 24.8 Å². The third-order valence-corrected chi connectivity index (χ3v) is 4.89. The number of anilines is 2. The van der Waals surface area contributed by atoms with Crippen LogP contribution < -0.4 is 15.5 Å². The van der Waals surface area contributed by atoms with E-state index in [-0.39, 0.29) is 6.03 Å². The maximum Gasteiger partial charge on any atom is 0.319 e. The summed E-state index contributed by atoms with van der Waals surface area (Å²) < 4.78 is 0. The molecule has 5 nitrogen and oxygen atoms in total. The first-order valence-electron chi connectivity index (χ1n) is 9.74. The molecule has 5 heteroatoms. The van der Waals surface area contributed by atoms with Gasteiger partial charge in [0.2, 0.25) is 0 Å². The predicted octanol–water partition coefficient (Wildman–Crippen LogP) is 4.06. The average Bonchev–Trinajstić information content (AvgIpc) is 2.68. The third-order valence-electron chi connectivity index (χ3n) is 4.89. The molecule has 27 heavy (non-hydrogen) atoms. The maximum absolute atomic E-state index is 12.5. The summed E-state index contributed by atoms with van der Waals surface area (Å²) in [7, 11) is 4.10. The molecule has 0 unspecified atom stereocenters. The van der Waals surface area contributed by atoms with Gasteiger partial charge in [-0.15, -0.1) is 0 Å². The number of benzene rings is 2. The smallest absolute Gasteiger partial charge is 0.319 e. The second kappa shape index (κ2) is 9.42. The molecule has 1 heterocycles. The van der Waals surface area contributed by atoms with Gasteiger partial charge in [0.15, 0.2) is 0 Å². The van der Waals surface area contributed by atoms with Crippen LogP contribution in [0.1, 0.15) is 30.4 Å². The van der Waals surface area contributed by atoms with Crippen LogP contribution in [-0.4, -0.2) is 38.1 Å². The quantitative estimate of drug-likeness (QED) is 0.810. The second-order valence-electron chi connectivity index (χ2n) is 7.38. The summed E-state index contributed by atoms with van der Waals surface area (Å²) in [6.45, 7) is 3.48. The topological polar surface area (TPSA) is 47.6 Å². The van der Waals surface area contributed by atoms with Crippen molar-refractivity contribution in [2.24, 2.45) is 0 Å². The molecule has 0 atom stereocenters. The van der Waals surface area contributed by atoms with Gasteiger partial charge >= 0.3 is 6.03 Å². The molecule has 0 aliphatic carbocycles. The van der Waals surface area contributed by atoms with Crippen LogP contribution in [0.15, 0.2) is 48.5 Å². The Balaban J connectivity index is 1.62.